The fourth-order valence-corrected chi connectivity index (χ4v) is 1.70. The Hall–Kier alpha value is -1.85. The first-order valence-electron chi connectivity index (χ1n) is 5.14. The Morgan fingerprint density at radius 1 is 1.41 bits per heavy atom. The second-order valence-electron chi connectivity index (χ2n) is 4.07. The SMILES string of the molecule is O=C(Cc1cc(F)cc(F)c1[N+](=O)[O-])C1CC1. The summed E-state index contributed by atoms with van der Waals surface area (Å²) in [6, 6.07) is 1.30. The van der Waals surface area contributed by atoms with Gasteiger partial charge in [0.15, 0.2) is 0 Å². The molecule has 1 fully saturated rings. The molecule has 17 heavy (non-hydrogen) atoms. The highest BCUT2D eigenvalue weighted by Crippen LogP contribution is 2.33. The standard InChI is InChI=1S/C11H9F2NO3/c12-8-3-7(4-10(15)6-1-2-6)11(14(16)17)9(13)5-8/h3,5-6H,1-2,4H2. The number of nitrogens with zero attached hydrogens (tertiary/aromatic N) is 1. The molecule has 90 valence electrons. The first-order chi connectivity index (χ1) is 7.99. The highest BCUT2D eigenvalue weighted by atomic mass is 19.1. The fraction of sp³-hybridized carbons (Fsp3) is 0.364. The lowest BCUT2D eigenvalue weighted by Gasteiger charge is -2.03. The summed E-state index contributed by atoms with van der Waals surface area (Å²) in [6.45, 7) is 0. The molecule has 0 radical (unpaired) electrons. The predicted octanol–water partition coefficient (Wildman–Crippen LogP) is 2.39. The van der Waals surface area contributed by atoms with Crippen molar-refractivity contribution >= 4 is 11.5 Å². The van der Waals surface area contributed by atoms with Gasteiger partial charge in [-0.3, -0.25) is 14.9 Å². The van der Waals surface area contributed by atoms with E-state index in [0.717, 1.165) is 18.9 Å². The number of Topliss-reactive ketones (excluding diaryl/α,β-unsaturated/α-hetero) is 1. The van der Waals surface area contributed by atoms with Gasteiger partial charge in [-0.15, -0.1) is 0 Å². The molecule has 0 saturated heterocycles. The van der Waals surface area contributed by atoms with Gasteiger partial charge in [-0.2, -0.15) is 4.39 Å². The van der Waals surface area contributed by atoms with Crippen molar-refractivity contribution in [2.45, 2.75) is 19.3 Å². The average Bonchev–Trinajstić information content (AvgIpc) is 2.97. The van der Waals surface area contributed by atoms with Crippen molar-refractivity contribution in [3.05, 3.63) is 39.4 Å². The molecule has 0 unspecified atom stereocenters. The molecule has 1 aromatic rings. The van der Waals surface area contributed by atoms with Gasteiger partial charge in [-0.1, -0.05) is 0 Å². The summed E-state index contributed by atoms with van der Waals surface area (Å²) in [5, 5.41) is 10.7. The maximum Gasteiger partial charge on any atom is 0.308 e. The summed E-state index contributed by atoms with van der Waals surface area (Å²) in [4.78, 5) is 21.2. The number of ketones is 1. The lowest BCUT2D eigenvalue weighted by atomic mass is 10.0. The average molecular weight is 241 g/mol. The second-order valence-corrected chi connectivity index (χ2v) is 4.07. The number of carbonyl (C=O) groups is 1. The number of hydrogen-bond donors (Lipinski definition) is 0. The van der Waals surface area contributed by atoms with Crippen LogP contribution in [0.2, 0.25) is 0 Å². The van der Waals surface area contributed by atoms with Gasteiger partial charge in [-0.25, -0.2) is 4.39 Å². The van der Waals surface area contributed by atoms with Crippen LogP contribution < -0.4 is 0 Å². The highest BCUT2D eigenvalue weighted by molar-refractivity contribution is 5.86. The van der Waals surface area contributed by atoms with Crippen molar-refractivity contribution in [3.63, 3.8) is 0 Å². The van der Waals surface area contributed by atoms with Gasteiger partial charge in [0, 0.05) is 24.0 Å². The summed E-state index contributed by atoms with van der Waals surface area (Å²) in [5.74, 6) is -2.45. The van der Waals surface area contributed by atoms with Gasteiger partial charge in [0.25, 0.3) is 0 Å². The van der Waals surface area contributed by atoms with Gasteiger partial charge >= 0.3 is 5.69 Å². The first kappa shape index (κ1) is 11.6. The summed E-state index contributed by atoms with van der Waals surface area (Å²) >= 11 is 0. The highest BCUT2D eigenvalue weighted by Gasteiger charge is 2.32. The van der Waals surface area contributed by atoms with Gasteiger partial charge in [0.1, 0.15) is 11.6 Å². The minimum atomic E-state index is -1.24. The van der Waals surface area contributed by atoms with E-state index in [2.05, 4.69) is 0 Å². The fourth-order valence-electron chi connectivity index (χ4n) is 1.70. The van der Waals surface area contributed by atoms with Crippen LogP contribution >= 0.6 is 0 Å². The third-order valence-corrected chi connectivity index (χ3v) is 2.69. The van der Waals surface area contributed by atoms with Crippen LogP contribution in [0.4, 0.5) is 14.5 Å². The number of benzene rings is 1. The van der Waals surface area contributed by atoms with Crippen LogP contribution in [0.3, 0.4) is 0 Å². The zero-order valence-corrected chi connectivity index (χ0v) is 8.78. The van der Waals surface area contributed by atoms with E-state index in [-0.39, 0.29) is 23.7 Å². The molecule has 6 heteroatoms. The Morgan fingerprint density at radius 3 is 2.59 bits per heavy atom. The van der Waals surface area contributed by atoms with Crippen molar-refractivity contribution in [1.82, 2.24) is 0 Å². The van der Waals surface area contributed by atoms with Crippen LogP contribution in [-0.2, 0) is 11.2 Å². The topological polar surface area (TPSA) is 60.2 Å². The molecule has 1 aliphatic carbocycles. The van der Waals surface area contributed by atoms with E-state index in [1.807, 2.05) is 0 Å². The minimum Gasteiger partial charge on any atom is -0.299 e. The molecule has 2 rings (SSSR count). The van der Waals surface area contributed by atoms with Crippen LogP contribution in [0.5, 0.6) is 0 Å². The van der Waals surface area contributed by atoms with Crippen molar-refractivity contribution in [2.75, 3.05) is 0 Å². The summed E-state index contributed by atoms with van der Waals surface area (Å²) in [6.07, 6.45) is 1.23. The van der Waals surface area contributed by atoms with Gasteiger partial charge in [-0.05, 0) is 18.9 Å². The molecule has 0 aromatic heterocycles. The molecule has 4 nitrogen and oxygen atoms in total. The Balaban J connectivity index is 2.36. The van der Waals surface area contributed by atoms with E-state index in [9.17, 15) is 23.7 Å². The quantitative estimate of drug-likeness (QED) is 0.600. The van der Waals surface area contributed by atoms with E-state index in [0.29, 0.717) is 6.07 Å². The molecular formula is C11H9F2NO3. The third-order valence-electron chi connectivity index (χ3n) is 2.69. The molecule has 1 saturated carbocycles. The van der Waals surface area contributed by atoms with Gasteiger partial charge < -0.3 is 0 Å². The van der Waals surface area contributed by atoms with E-state index in [1.54, 1.807) is 0 Å². The zero-order chi connectivity index (χ0) is 12.6. The van der Waals surface area contributed by atoms with Crippen molar-refractivity contribution in [2.24, 2.45) is 5.92 Å². The molecule has 0 N–H and O–H groups in total. The molecule has 1 aliphatic rings. The Bertz CT molecular complexity index is 498. The van der Waals surface area contributed by atoms with Crippen LogP contribution in [0, 0.1) is 27.7 Å². The molecule has 0 atom stereocenters. The zero-order valence-electron chi connectivity index (χ0n) is 8.78. The molecule has 0 aliphatic heterocycles. The Labute approximate surface area is 95.4 Å². The smallest absolute Gasteiger partial charge is 0.299 e. The number of carbonyl (C=O) groups excluding carboxylic acids is 1. The maximum absolute atomic E-state index is 13.2. The van der Waals surface area contributed by atoms with E-state index < -0.39 is 22.2 Å². The van der Waals surface area contributed by atoms with E-state index in [1.165, 1.54) is 0 Å². The number of nitro benzene ring substituents is 1. The molecule has 1 aromatic carbocycles. The Kier molecular flexibility index (Phi) is 2.87. The normalized spacial score (nSPS) is 14.7. The summed E-state index contributed by atoms with van der Waals surface area (Å²) < 4.78 is 26.2. The minimum absolute atomic E-state index is 0.0964. The predicted molar refractivity (Wildman–Crippen MR) is 54.4 cm³/mol. The second kappa shape index (κ2) is 4.20. The van der Waals surface area contributed by atoms with Crippen molar-refractivity contribution in [1.29, 1.82) is 0 Å². The van der Waals surface area contributed by atoms with Crippen LogP contribution in [0.1, 0.15) is 18.4 Å². The van der Waals surface area contributed by atoms with Crippen LogP contribution in [-0.4, -0.2) is 10.7 Å². The largest absolute Gasteiger partial charge is 0.308 e. The molecule has 0 bridgehead atoms. The van der Waals surface area contributed by atoms with Gasteiger partial charge in [0.05, 0.1) is 4.92 Å². The van der Waals surface area contributed by atoms with Crippen molar-refractivity contribution in [3.8, 4) is 0 Å². The molecule has 0 spiro atoms. The van der Waals surface area contributed by atoms with E-state index >= 15 is 0 Å². The molecule has 0 heterocycles. The summed E-state index contributed by atoms with van der Waals surface area (Å²) in [7, 11) is 0. The van der Waals surface area contributed by atoms with Crippen molar-refractivity contribution < 1.29 is 18.5 Å². The molecular weight excluding hydrogens is 232 g/mol. The monoisotopic (exact) mass is 241 g/mol. The number of halogens is 2. The number of nitro groups is 1. The Morgan fingerprint density at radius 2 is 2.06 bits per heavy atom. The number of hydrogen-bond acceptors (Lipinski definition) is 3. The van der Waals surface area contributed by atoms with E-state index in [4.69, 9.17) is 0 Å². The first-order valence-corrected chi connectivity index (χ1v) is 5.14. The van der Waals surface area contributed by atoms with Crippen LogP contribution in [0.25, 0.3) is 0 Å². The third kappa shape index (κ3) is 2.46. The summed E-state index contributed by atoms with van der Waals surface area (Å²) in [5.41, 5.74) is -0.996. The molecule has 0 amide bonds. The maximum atomic E-state index is 13.2. The number of rotatable bonds is 4. The lowest BCUT2D eigenvalue weighted by Crippen LogP contribution is -2.08. The van der Waals surface area contributed by atoms with Crippen LogP contribution in [0.15, 0.2) is 12.1 Å². The van der Waals surface area contributed by atoms with Gasteiger partial charge in [0.2, 0.25) is 5.82 Å². The lowest BCUT2D eigenvalue weighted by molar-refractivity contribution is -0.388.